The molecule has 1 atom stereocenters. The summed E-state index contributed by atoms with van der Waals surface area (Å²) in [6.45, 7) is 0. The van der Waals surface area contributed by atoms with Crippen molar-refractivity contribution in [3.63, 3.8) is 0 Å². The third-order valence-corrected chi connectivity index (χ3v) is 5.20. The maximum Gasteiger partial charge on any atom is 0.257 e. The van der Waals surface area contributed by atoms with Crippen molar-refractivity contribution >= 4 is 50.6 Å². The van der Waals surface area contributed by atoms with Crippen molar-refractivity contribution in [2.45, 2.75) is 15.3 Å². The lowest BCUT2D eigenvalue weighted by Gasteiger charge is -2.06. The number of carbonyl (C=O) groups excluding carboxylic acids is 1. The fraction of sp³-hybridized carbons (Fsp3) is 0.100. The molecule has 0 aliphatic carbocycles. The molecule has 0 radical (unpaired) electrons. The van der Waals surface area contributed by atoms with Crippen molar-refractivity contribution in [3.8, 4) is 0 Å². The average molecular weight is 344 g/mol. The SMILES string of the molecule is O=C1Nc2cc(Sc3nncs3)c(Br)cc2C1O. The van der Waals surface area contributed by atoms with Crippen LogP contribution in [0, 0.1) is 0 Å². The van der Waals surface area contributed by atoms with E-state index in [1.165, 1.54) is 23.1 Å². The van der Waals surface area contributed by atoms with Gasteiger partial charge in [0.25, 0.3) is 5.91 Å². The van der Waals surface area contributed by atoms with Gasteiger partial charge in [-0.1, -0.05) is 23.1 Å². The van der Waals surface area contributed by atoms with Gasteiger partial charge in [0, 0.05) is 20.6 Å². The van der Waals surface area contributed by atoms with Gasteiger partial charge in [-0.05, 0) is 28.1 Å². The normalized spacial score (nSPS) is 17.7. The molecule has 2 aromatic rings. The fourth-order valence-electron chi connectivity index (χ4n) is 1.63. The van der Waals surface area contributed by atoms with Crippen LogP contribution in [0.15, 0.2) is 31.4 Å². The van der Waals surface area contributed by atoms with Crippen LogP contribution in [-0.2, 0) is 4.79 Å². The summed E-state index contributed by atoms with van der Waals surface area (Å²) in [4.78, 5) is 12.3. The number of hydrogen-bond donors (Lipinski definition) is 2. The molecule has 3 rings (SSSR count). The van der Waals surface area contributed by atoms with Gasteiger partial charge in [0.1, 0.15) is 5.51 Å². The van der Waals surface area contributed by atoms with Crippen molar-refractivity contribution in [3.05, 3.63) is 27.7 Å². The molecule has 0 bridgehead atoms. The van der Waals surface area contributed by atoms with E-state index >= 15 is 0 Å². The second-order valence-corrected chi connectivity index (χ2v) is 6.54. The number of hydrogen-bond acceptors (Lipinski definition) is 6. The average Bonchev–Trinajstić information content (AvgIpc) is 2.92. The Morgan fingerprint density at radius 2 is 2.33 bits per heavy atom. The van der Waals surface area contributed by atoms with Crippen LogP contribution < -0.4 is 5.32 Å². The smallest absolute Gasteiger partial charge is 0.257 e. The highest BCUT2D eigenvalue weighted by molar-refractivity contribution is 9.10. The van der Waals surface area contributed by atoms with Crippen molar-refractivity contribution < 1.29 is 9.90 Å². The zero-order chi connectivity index (χ0) is 12.7. The number of rotatable bonds is 2. The molecule has 1 aliphatic rings. The summed E-state index contributed by atoms with van der Waals surface area (Å²) in [6.07, 6.45) is -1.09. The molecule has 5 nitrogen and oxygen atoms in total. The topological polar surface area (TPSA) is 75.1 Å². The molecule has 2 N–H and O–H groups in total. The van der Waals surface area contributed by atoms with Crippen molar-refractivity contribution in [1.29, 1.82) is 0 Å². The van der Waals surface area contributed by atoms with E-state index in [2.05, 4.69) is 31.4 Å². The zero-order valence-electron chi connectivity index (χ0n) is 8.75. The Morgan fingerprint density at radius 3 is 3.06 bits per heavy atom. The van der Waals surface area contributed by atoms with Crippen LogP contribution in [0.25, 0.3) is 0 Å². The van der Waals surface area contributed by atoms with Crippen LogP contribution in [0.3, 0.4) is 0 Å². The Hall–Kier alpha value is -0.960. The van der Waals surface area contributed by atoms with E-state index in [-0.39, 0.29) is 0 Å². The van der Waals surface area contributed by atoms with Crippen LogP contribution in [0.2, 0.25) is 0 Å². The summed E-state index contributed by atoms with van der Waals surface area (Å²) in [7, 11) is 0. The number of amides is 1. The summed E-state index contributed by atoms with van der Waals surface area (Å²) in [5.41, 5.74) is 2.89. The quantitative estimate of drug-likeness (QED) is 0.875. The lowest BCUT2D eigenvalue weighted by molar-refractivity contribution is -0.123. The summed E-state index contributed by atoms with van der Waals surface area (Å²) in [6, 6.07) is 3.57. The molecule has 1 aromatic heterocycles. The van der Waals surface area contributed by atoms with Crippen molar-refractivity contribution in [2.75, 3.05) is 5.32 Å². The standard InChI is InChI=1S/C10H6BrN3O2S2/c11-5-1-4-6(13-9(16)8(4)15)2-7(5)18-10-14-12-3-17-10/h1-3,8,15H,(H,13,16). The first-order chi connectivity index (χ1) is 8.65. The number of aliphatic hydroxyl groups is 1. The Morgan fingerprint density at radius 1 is 1.50 bits per heavy atom. The molecule has 0 saturated heterocycles. The second kappa shape index (κ2) is 4.61. The van der Waals surface area contributed by atoms with E-state index in [9.17, 15) is 9.90 Å². The first-order valence-electron chi connectivity index (χ1n) is 4.91. The molecule has 2 heterocycles. The van der Waals surface area contributed by atoms with E-state index in [0.717, 1.165) is 13.7 Å². The Balaban J connectivity index is 1.98. The molecular formula is C10H6BrN3O2S2. The first-order valence-corrected chi connectivity index (χ1v) is 7.40. The second-order valence-electron chi connectivity index (χ2n) is 3.57. The van der Waals surface area contributed by atoms with Gasteiger partial charge in [0.05, 0.1) is 0 Å². The Labute approximate surface area is 119 Å². The number of nitrogens with zero attached hydrogens (tertiary/aromatic N) is 2. The minimum atomic E-state index is -1.09. The number of carbonyl (C=O) groups is 1. The van der Waals surface area contributed by atoms with Crippen molar-refractivity contribution in [2.24, 2.45) is 0 Å². The highest BCUT2D eigenvalue weighted by Crippen LogP contribution is 2.41. The van der Waals surface area contributed by atoms with Crippen molar-refractivity contribution in [1.82, 2.24) is 10.2 Å². The molecule has 92 valence electrons. The van der Waals surface area contributed by atoms with E-state index < -0.39 is 12.0 Å². The number of halogens is 1. The molecular weight excluding hydrogens is 338 g/mol. The fourth-order valence-corrected chi connectivity index (χ4v) is 3.71. The largest absolute Gasteiger partial charge is 0.378 e. The maximum atomic E-state index is 11.4. The minimum Gasteiger partial charge on any atom is -0.378 e. The molecule has 0 spiro atoms. The van der Waals surface area contributed by atoms with Crippen LogP contribution >= 0.6 is 39.0 Å². The van der Waals surface area contributed by atoms with Gasteiger partial charge in [-0.25, -0.2) is 0 Å². The van der Waals surface area contributed by atoms with E-state index in [0.29, 0.717) is 11.3 Å². The van der Waals surface area contributed by atoms with Gasteiger partial charge in [-0.15, -0.1) is 10.2 Å². The molecule has 0 fully saturated rings. The van der Waals surface area contributed by atoms with Crippen LogP contribution in [0.1, 0.15) is 11.7 Å². The van der Waals surface area contributed by atoms with Gasteiger partial charge in [0.2, 0.25) is 0 Å². The number of aromatic nitrogens is 2. The number of anilines is 1. The van der Waals surface area contributed by atoms with Gasteiger partial charge >= 0.3 is 0 Å². The maximum absolute atomic E-state index is 11.4. The lowest BCUT2D eigenvalue weighted by Crippen LogP contribution is -2.10. The monoisotopic (exact) mass is 343 g/mol. The van der Waals surface area contributed by atoms with Gasteiger partial charge in [-0.2, -0.15) is 0 Å². The summed E-state index contributed by atoms with van der Waals surface area (Å²) < 4.78 is 1.64. The predicted molar refractivity (Wildman–Crippen MR) is 71.8 cm³/mol. The van der Waals surface area contributed by atoms with E-state index in [1.54, 1.807) is 11.6 Å². The van der Waals surface area contributed by atoms with Gasteiger partial charge < -0.3 is 10.4 Å². The molecule has 18 heavy (non-hydrogen) atoms. The predicted octanol–water partition coefficient (Wildman–Crippen LogP) is 2.44. The van der Waals surface area contributed by atoms with Crippen LogP contribution in [0.4, 0.5) is 5.69 Å². The number of fused-ring (bicyclic) bond motifs is 1. The third-order valence-electron chi connectivity index (χ3n) is 2.44. The summed E-state index contributed by atoms with van der Waals surface area (Å²) in [5, 5.41) is 20.0. The minimum absolute atomic E-state index is 0.394. The van der Waals surface area contributed by atoms with Gasteiger partial charge in [-0.3, -0.25) is 4.79 Å². The molecule has 1 unspecified atom stereocenters. The number of aliphatic hydroxyl groups excluding tert-OH is 1. The summed E-state index contributed by atoms with van der Waals surface area (Å²) in [5.74, 6) is -0.394. The van der Waals surface area contributed by atoms with Crippen LogP contribution in [-0.4, -0.2) is 21.2 Å². The van der Waals surface area contributed by atoms with E-state index in [1.807, 2.05) is 6.07 Å². The Kier molecular flexibility index (Phi) is 3.10. The highest BCUT2D eigenvalue weighted by Gasteiger charge is 2.29. The number of nitrogens with one attached hydrogen (secondary N) is 1. The highest BCUT2D eigenvalue weighted by atomic mass is 79.9. The zero-order valence-corrected chi connectivity index (χ0v) is 12.0. The molecule has 1 amide bonds. The summed E-state index contributed by atoms with van der Waals surface area (Å²) >= 11 is 6.33. The van der Waals surface area contributed by atoms with Crippen LogP contribution in [0.5, 0.6) is 0 Å². The van der Waals surface area contributed by atoms with Gasteiger partial charge in [0.15, 0.2) is 10.4 Å². The molecule has 0 saturated carbocycles. The molecule has 1 aliphatic heterocycles. The molecule has 1 aromatic carbocycles. The third kappa shape index (κ3) is 2.05. The molecule has 8 heteroatoms. The van der Waals surface area contributed by atoms with E-state index in [4.69, 9.17) is 0 Å². The Bertz CT molecular complexity index is 618. The lowest BCUT2D eigenvalue weighted by atomic mass is 10.1. The first kappa shape index (κ1) is 12.1. The number of benzene rings is 1.